The van der Waals surface area contributed by atoms with Crippen LogP contribution in [0.4, 0.5) is 0 Å². The molecular weight excluding hydrogens is 222 g/mol. The van der Waals surface area contributed by atoms with Crippen LogP contribution in [-0.4, -0.2) is 15.6 Å². The lowest BCUT2D eigenvalue weighted by Crippen LogP contribution is -2.32. The van der Waals surface area contributed by atoms with E-state index in [-0.39, 0.29) is 6.04 Å². The van der Waals surface area contributed by atoms with Gasteiger partial charge in [0.15, 0.2) is 0 Å². The smallest absolute Gasteiger partial charge is 0.114 e. The van der Waals surface area contributed by atoms with E-state index in [9.17, 15) is 0 Å². The summed E-state index contributed by atoms with van der Waals surface area (Å²) in [7, 11) is 2.11. The second-order valence-corrected chi connectivity index (χ2v) is 5.58. The molecule has 1 aliphatic rings. The van der Waals surface area contributed by atoms with Crippen molar-refractivity contribution in [3.8, 4) is 0 Å². The minimum Gasteiger partial charge on any atom is -0.331 e. The highest BCUT2D eigenvalue weighted by Crippen LogP contribution is 2.32. The molecule has 3 nitrogen and oxygen atoms in total. The topological polar surface area (TPSA) is 43.8 Å². The number of nitrogens with zero attached hydrogens (tertiary/aromatic N) is 2. The summed E-state index contributed by atoms with van der Waals surface area (Å²) in [6, 6.07) is 6.74. The lowest BCUT2D eigenvalue weighted by atomic mass is 9.84. The molecule has 1 heterocycles. The zero-order chi connectivity index (χ0) is 12.7. The van der Waals surface area contributed by atoms with Gasteiger partial charge in [0.25, 0.3) is 0 Å². The molecule has 3 rings (SSSR count). The number of aromatic nitrogens is 2. The molecule has 1 aliphatic carbocycles. The molecule has 0 bridgehead atoms. The van der Waals surface area contributed by atoms with Crippen LogP contribution in [0.5, 0.6) is 0 Å². The van der Waals surface area contributed by atoms with Crippen LogP contribution in [0.25, 0.3) is 11.0 Å². The molecule has 3 heteroatoms. The van der Waals surface area contributed by atoms with Gasteiger partial charge < -0.3 is 10.3 Å². The van der Waals surface area contributed by atoms with Gasteiger partial charge in [-0.1, -0.05) is 18.9 Å². The molecule has 18 heavy (non-hydrogen) atoms. The average molecular weight is 243 g/mol. The van der Waals surface area contributed by atoms with Crippen molar-refractivity contribution in [1.82, 2.24) is 9.55 Å². The summed E-state index contributed by atoms with van der Waals surface area (Å²) in [5.41, 5.74) is 9.86. The van der Waals surface area contributed by atoms with Crippen LogP contribution in [0.1, 0.15) is 43.0 Å². The van der Waals surface area contributed by atoms with Crippen LogP contribution in [0.15, 0.2) is 18.2 Å². The fourth-order valence-electron chi connectivity index (χ4n) is 3.14. The fraction of sp³-hybridized carbons (Fsp3) is 0.533. The molecule has 0 amide bonds. The minimum atomic E-state index is 0.273. The van der Waals surface area contributed by atoms with Crippen molar-refractivity contribution in [2.75, 3.05) is 0 Å². The first-order valence-corrected chi connectivity index (χ1v) is 6.85. The Morgan fingerprint density at radius 3 is 2.83 bits per heavy atom. The van der Waals surface area contributed by atoms with E-state index in [1.807, 2.05) is 0 Å². The molecule has 1 saturated carbocycles. The van der Waals surface area contributed by atoms with E-state index in [0.29, 0.717) is 5.92 Å². The van der Waals surface area contributed by atoms with Crippen LogP contribution in [0.3, 0.4) is 0 Å². The Hall–Kier alpha value is -1.35. The number of aryl methyl sites for hydroxylation is 2. The maximum Gasteiger partial charge on any atom is 0.114 e. The monoisotopic (exact) mass is 243 g/mol. The van der Waals surface area contributed by atoms with Crippen molar-refractivity contribution in [3.63, 3.8) is 0 Å². The third kappa shape index (κ3) is 1.83. The number of benzene rings is 1. The Balaban J connectivity index is 2.08. The second kappa shape index (κ2) is 4.39. The molecule has 0 spiro atoms. The molecule has 2 atom stereocenters. The van der Waals surface area contributed by atoms with Crippen molar-refractivity contribution in [2.24, 2.45) is 12.8 Å². The second-order valence-electron chi connectivity index (χ2n) is 5.58. The normalized spacial score (nSPS) is 24.6. The number of rotatable bonds is 1. The Kier molecular flexibility index (Phi) is 2.86. The zero-order valence-corrected chi connectivity index (χ0v) is 11.2. The molecule has 2 aromatic rings. The summed E-state index contributed by atoms with van der Waals surface area (Å²) in [6.45, 7) is 2.11. The van der Waals surface area contributed by atoms with Gasteiger partial charge in [0, 0.05) is 19.0 Å². The summed E-state index contributed by atoms with van der Waals surface area (Å²) in [5, 5.41) is 0. The van der Waals surface area contributed by atoms with Crippen LogP contribution in [-0.2, 0) is 7.05 Å². The molecule has 1 fully saturated rings. The van der Waals surface area contributed by atoms with Crippen molar-refractivity contribution < 1.29 is 0 Å². The quantitative estimate of drug-likeness (QED) is 0.837. The van der Waals surface area contributed by atoms with Crippen LogP contribution in [0.2, 0.25) is 0 Å². The molecule has 0 aliphatic heterocycles. The Morgan fingerprint density at radius 1 is 1.28 bits per heavy atom. The number of fused-ring (bicyclic) bond motifs is 1. The van der Waals surface area contributed by atoms with Crippen LogP contribution in [0, 0.1) is 6.92 Å². The number of nitrogens with two attached hydrogens (primary N) is 1. The third-order valence-electron chi connectivity index (χ3n) is 4.22. The van der Waals surface area contributed by atoms with E-state index in [1.54, 1.807) is 0 Å². The first-order valence-electron chi connectivity index (χ1n) is 6.85. The first kappa shape index (κ1) is 11.7. The van der Waals surface area contributed by atoms with Crippen molar-refractivity contribution in [3.05, 3.63) is 29.6 Å². The van der Waals surface area contributed by atoms with Gasteiger partial charge in [-0.3, -0.25) is 0 Å². The molecule has 1 aromatic carbocycles. The molecule has 1 aromatic heterocycles. The van der Waals surface area contributed by atoms with E-state index in [0.717, 1.165) is 11.9 Å². The van der Waals surface area contributed by atoms with Gasteiger partial charge in [-0.05, 0) is 37.5 Å². The lowest BCUT2D eigenvalue weighted by Gasteiger charge is -2.27. The summed E-state index contributed by atoms with van der Waals surface area (Å²) in [4.78, 5) is 4.83. The highest BCUT2D eigenvalue weighted by atomic mass is 15.1. The molecule has 2 N–H and O–H groups in total. The van der Waals surface area contributed by atoms with Gasteiger partial charge in [0.2, 0.25) is 0 Å². The summed E-state index contributed by atoms with van der Waals surface area (Å²) in [5.74, 6) is 1.60. The largest absolute Gasteiger partial charge is 0.331 e. The van der Waals surface area contributed by atoms with Gasteiger partial charge in [0.1, 0.15) is 5.82 Å². The van der Waals surface area contributed by atoms with Gasteiger partial charge in [-0.15, -0.1) is 0 Å². The van der Waals surface area contributed by atoms with Gasteiger partial charge >= 0.3 is 0 Å². The van der Waals surface area contributed by atoms with Crippen LogP contribution >= 0.6 is 0 Å². The predicted octanol–water partition coefficient (Wildman–Crippen LogP) is 2.87. The fourth-order valence-corrected chi connectivity index (χ4v) is 3.14. The van der Waals surface area contributed by atoms with E-state index in [4.69, 9.17) is 10.7 Å². The SMILES string of the molecule is Cc1ccc2c(c1)nc(C1CCCCC1N)n2C. The van der Waals surface area contributed by atoms with E-state index in [2.05, 4.69) is 36.7 Å². The number of hydrogen-bond acceptors (Lipinski definition) is 2. The summed E-state index contributed by atoms with van der Waals surface area (Å²) in [6.07, 6.45) is 4.85. The maximum absolute atomic E-state index is 6.28. The lowest BCUT2D eigenvalue weighted by molar-refractivity contribution is 0.368. The minimum absolute atomic E-state index is 0.273. The van der Waals surface area contributed by atoms with Crippen LogP contribution < -0.4 is 5.73 Å². The average Bonchev–Trinajstić information content (AvgIpc) is 2.67. The molecular formula is C15H21N3. The Labute approximate surface area is 108 Å². The van der Waals surface area contributed by atoms with E-state index < -0.39 is 0 Å². The standard InChI is InChI=1S/C15H21N3/c1-10-7-8-14-13(9-10)17-15(18(14)2)11-5-3-4-6-12(11)16/h7-9,11-12H,3-6,16H2,1-2H3. The van der Waals surface area contributed by atoms with Crippen molar-refractivity contribution >= 4 is 11.0 Å². The van der Waals surface area contributed by atoms with Crippen molar-refractivity contribution in [2.45, 2.75) is 44.6 Å². The highest BCUT2D eigenvalue weighted by Gasteiger charge is 2.27. The zero-order valence-electron chi connectivity index (χ0n) is 11.2. The number of hydrogen-bond donors (Lipinski definition) is 1. The summed E-state index contributed by atoms with van der Waals surface area (Å²) < 4.78 is 2.23. The van der Waals surface area contributed by atoms with E-state index in [1.165, 1.54) is 36.2 Å². The Bertz CT molecular complexity index is 570. The molecule has 96 valence electrons. The Morgan fingerprint density at radius 2 is 2.06 bits per heavy atom. The molecule has 0 saturated heterocycles. The molecule has 2 unspecified atom stereocenters. The highest BCUT2D eigenvalue weighted by molar-refractivity contribution is 5.76. The van der Waals surface area contributed by atoms with E-state index >= 15 is 0 Å². The summed E-state index contributed by atoms with van der Waals surface area (Å²) >= 11 is 0. The van der Waals surface area contributed by atoms with Gasteiger partial charge in [-0.2, -0.15) is 0 Å². The van der Waals surface area contributed by atoms with Gasteiger partial charge in [-0.25, -0.2) is 4.98 Å². The first-order chi connectivity index (χ1) is 8.66. The third-order valence-corrected chi connectivity index (χ3v) is 4.22. The van der Waals surface area contributed by atoms with Crippen molar-refractivity contribution in [1.29, 1.82) is 0 Å². The number of imidazole rings is 1. The van der Waals surface area contributed by atoms with Gasteiger partial charge in [0.05, 0.1) is 11.0 Å². The predicted molar refractivity (Wildman–Crippen MR) is 74.6 cm³/mol. The maximum atomic E-state index is 6.28. The molecule has 0 radical (unpaired) electrons.